The van der Waals surface area contributed by atoms with Gasteiger partial charge in [-0.1, -0.05) is 34.3 Å². The Hall–Kier alpha value is -2.43. The molecule has 0 radical (unpaired) electrons. The maximum absolute atomic E-state index is 7.60. The van der Waals surface area contributed by atoms with E-state index in [1.807, 2.05) is 6.08 Å². The average molecular weight is 356 g/mol. The molecule has 0 amide bonds. The largest absolute Gasteiger partial charge is 0.371 e. The number of rotatable bonds is 4. The van der Waals surface area contributed by atoms with Crippen molar-refractivity contribution in [2.24, 2.45) is 21.9 Å². The lowest BCUT2D eigenvalue weighted by Crippen LogP contribution is -2.34. The van der Waals surface area contributed by atoms with Crippen molar-refractivity contribution >= 4 is 19.1 Å². The molecule has 0 aromatic heterocycles. The Bertz CT molecular complexity index is 620. The van der Waals surface area contributed by atoms with Crippen LogP contribution in [0.25, 0.3) is 0 Å². The Morgan fingerprint density at radius 1 is 1.46 bits per heavy atom. The Balaban J connectivity index is 0.000000765. The number of aliphatic imine (C=N–C) groups is 1. The molecule has 1 fully saturated rings. The summed E-state index contributed by atoms with van der Waals surface area (Å²) in [6, 6.07) is 0. The zero-order valence-corrected chi connectivity index (χ0v) is 16.6. The maximum Gasteiger partial charge on any atom is 0.0492 e. The molecule has 1 saturated heterocycles. The average Bonchev–Trinajstić information content (AvgIpc) is 2.57. The predicted molar refractivity (Wildman–Crippen MR) is 114 cm³/mol. The number of likely N-dealkylation sites (tertiary alicyclic amines) is 1. The van der Waals surface area contributed by atoms with Gasteiger partial charge in [-0.15, -0.1) is 0 Å². The first-order chi connectivity index (χ1) is 12.4. The van der Waals surface area contributed by atoms with Crippen molar-refractivity contribution in [2.45, 2.75) is 40.5 Å². The number of piperidine rings is 1. The highest BCUT2D eigenvalue weighted by Crippen LogP contribution is 2.29. The van der Waals surface area contributed by atoms with E-state index in [1.165, 1.54) is 19.1 Å². The zero-order chi connectivity index (χ0) is 19.5. The molecule has 2 aliphatic rings. The maximum atomic E-state index is 7.60. The minimum absolute atomic E-state index is 0.653. The first kappa shape index (κ1) is 21.6. The lowest BCUT2D eigenvalue weighted by molar-refractivity contribution is 0.233. The van der Waals surface area contributed by atoms with Crippen LogP contribution in [0.5, 0.6) is 0 Å². The summed E-state index contributed by atoms with van der Waals surface area (Å²) in [5.41, 5.74) is 6.23. The molecule has 0 spiro atoms. The van der Waals surface area contributed by atoms with Crippen molar-refractivity contribution in [1.82, 2.24) is 10.3 Å². The molecule has 2 heterocycles. The Labute approximate surface area is 158 Å². The minimum atomic E-state index is 0.653. The molecule has 2 N–H and O–H groups in total. The van der Waals surface area contributed by atoms with Gasteiger partial charge in [0.1, 0.15) is 0 Å². The summed E-state index contributed by atoms with van der Waals surface area (Å²) in [6.07, 6.45) is 10.7. The Kier molecular flexibility index (Phi) is 9.34. The van der Waals surface area contributed by atoms with Crippen molar-refractivity contribution in [3.8, 4) is 0 Å². The van der Waals surface area contributed by atoms with Gasteiger partial charge in [-0.3, -0.25) is 10.4 Å². The van der Waals surface area contributed by atoms with E-state index in [9.17, 15) is 0 Å². The molecule has 26 heavy (non-hydrogen) atoms. The highest BCUT2D eigenvalue weighted by atomic mass is 15.3. The van der Waals surface area contributed by atoms with Crippen LogP contribution in [0.1, 0.15) is 40.5 Å². The Morgan fingerprint density at radius 3 is 2.73 bits per heavy atom. The molecule has 5 nitrogen and oxygen atoms in total. The molecule has 0 aromatic rings. The number of nitrogens with zero attached hydrogens (tertiary/aromatic N) is 3. The second-order valence-electron chi connectivity index (χ2n) is 7.33. The molecule has 0 bridgehead atoms. The van der Waals surface area contributed by atoms with Gasteiger partial charge in [-0.05, 0) is 37.5 Å². The van der Waals surface area contributed by atoms with E-state index in [0.29, 0.717) is 11.5 Å². The van der Waals surface area contributed by atoms with Gasteiger partial charge in [0.05, 0.1) is 0 Å². The van der Waals surface area contributed by atoms with Gasteiger partial charge in [0.2, 0.25) is 0 Å². The number of hydrogen-bond acceptors (Lipinski definition) is 5. The van der Waals surface area contributed by atoms with E-state index in [2.05, 4.69) is 61.4 Å². The summed E-state index contributed by atoms with van der Waals surface area (Å²) in [6.45, 7) is 18.5. The van der Waals surface area contributed by atoms with Crippen molar-refractivity contribution in [3.63, 3.8) is 0 Å². The third-order valence-electron chi connectivity index (χ3n) is 3.92. The van der Waals surface area contributed by atoms with Crippen LogP contribution in [0.3, 0.4) is 0 Å². The SMILES string of the molecule is C=N/C=C(C=N)/C1=C/N/N=C\C=C(\N2CCCC(C)C2)C1=C.CC(C)C. The normalized spacial score (nSPS) is 26.0. The summed E-state index contributed by atoms with van der Waals surface area (Å²) in [5.74, 6) is 1.50. The zero-order valence-electron chi connectivity index (χ0n) is 16.6. The van der Waals surface area contributed by atoms with Crippen molar-refractivity contribution in [3.05, 3.63) is 47.5 Å². The van der Waals surface area contributed by atoms with Gasteiger partial charge in [-0.2, -0.15) is 5.10 Å². The number of nitrogens with one attached hydrogen (secondary N) is 2. The second-order valence-corrected chi connectivity index (χ2v) is 7.33. The van der Waals surface area contributed by atoms with Crippen LogP contribution in [0.15, 0.2) is 57.6 Å². The molecular weight excluding hydrogens is 322 g/mol. The van der Waals surface area contributed by atoms with Crippen LogP contribution >= 0.6 is 0 Å². The van der Waals surface area contributed by atoms with Gasteiger partial charge in [0.25, 0.3) is 0 Å². The van der Waals surface area contributed by atoms with Crippen LogP contribution in [-0.4, -0.2) is 37.1 Å². The molecule has 1 atom stereocenters. The van der Waals surface area contributed by atoms with E-state index in [1.54, 1.807) is 18.6 Å². The standard InChI is InChI=1S/C17H23N5.C4H10/c1-13-5-4-8-22(12-13)17-6-7-20-21-11-16(14(17)2)15(9-18)10-19-3;1-4(2)3/h6-7,9-11,13,18,21H,2-5,8,12H2,1H3;4H,1-3H3/b15-10+,16-11+,17-6+,18-9?,20-7-;. The summed E-state index contributed by atoms with van der Waals surface area (Å²) in [4.78, 5) is 6.13. The molecule has 142 valence electrons. The van der Waals surface area contributed by atoms with Crippen LogP contribution in [0.4, 0.5) is 0 Å². The fraction of sp³-hybridized carbons (Fsp3) is 0.476. The molecule has 0 aromatic carbocycles. The van der Waals surface area contributed by atoms with Crippen molar-refractivity contribution < 1.29 is 0 Å². The van der Waals surface area contributed by atoms with Gasteiger partial charge in [-0.25, -0.2) is 0 Å². The third-order valence-corrected chi connectivity index (χ3v) is 3.92. The quantitative estimate of drug-likeness (QED) is 0.728. The molecule has 5 heteroatoms. The number of hydrazone groups is 1. The van der Waals surface area contributed by atoms with Gasteiger partial charge in [0, 0.05) is 60.3 Å². The monoisotopic (exact) mass is 355 g/mol. The van der Waals surface area contributed by atoms with Crippen LogP contribution in [-0.2, 0) is 0 Å². The van der Waals surface area contributed by atoms with Crippen LogP contribution in [0.2, 0.25) is 0 Å². The first-order valence-electron chi connectivity index (χ1n) is 9.21. The third kappa shape index (κ3) is 6.82. The van der Waals surface area contributed by atoms with E-state index in [4.69, 9.17) is 5.41 Å². The topological polar surface area (TPSA) is 63.8 Å². The minimum Gasteiger partial charge on any atom is -0.371 e. The van der Waals surface area contributed by atoms with Crippen molar-refractivity contribution in [2.75, 3.05) is 13.1 Å². The number of allylic oxidation sites excluding steroid dienone is 3. The highest BCUT2D eigenvalue weighted by Gasteiger charge is 2.22. The lowest BCUT2D eigenvalue weighted by atomic mass is 9.94. The lowest BCUT2D eigenvalue weighted by Gasteiger charge is -2.36. The molecule has 0 saturated carbocycles. The predicted octanol–water partition coefficient (Wildman–Crippen LogP) is 4.53. The van der Waals surface area contributed by atoms with E-state index in [0.717, 1.165) is 35.9 Å². The summed E-state index contributed by atoms with van der Waals surface area (Å²) in [5, 5.41) is 11.7. The highest BCUT2D eigenvalue weighted by molar-refractivity contribution is 5.86. The van der Waals surface area contributed by atoms with E-state index in [-0.39, 0.29) is 0 Å². The van der Waals surface area contributed by atoms with E-state index >= 15 is 0 Å². The fourth-order valence-electron chi connectivity index (χ4n) is 2.82. The molecule has 1 unspecified atom stereocenters. The molecule has 2 rings (SSSR count). The molecule has 2 aliphatic heterocycles. The molecule has 0 aliphatic carbocycles. The second kappa shape index (κ2) is 11.2. The summed E-state index contributed by atoms with van der Waals surface area (Å²) >= 11 is 0. The van der Waals surface area contributed by atoms with Gasteiger partial charge >= 0.3 is 0 Å². The van der Waals surface area contributed by atoms with Crippen LogP contribution < -0.4 is 5.43 Å². The first-order valence-corrected chi connectivity index (χ1v) is 9.21. The summed E-state index contributed by atoms with van der Waals surface area (Å²) < 4.78 is 0. The smallest absolute Gasteiger partial charge is 0.0492 e. The Morgan fingerprint density at radius 2 is 2.15 bits per heavy atom. The molecular formula is C21H33N5. The van der Waals surface area contributed by atoms with Crippen LogP contribution in [0, 0.1) is 17.2 Å². The fourth-order valence-corrected chi connectivity index (χ4v) is 2.82. The van der Waals surface area contributed by atoms with Gasteiger partial charge < -0.3 is 10.3 Å². The van der Waals surface area contributed by atoms with E-state index < -0.39 is 0 Å². The van der Waals surface area contributed by atoms with Gasteiger partial charge in [0.15, 0.2) is 0 Å². The summed E-state index contributed by atoms with van der Waals surface area (Å²) in [7, 11) is 0. The number of hydrogen-bond donors (Lipinski definition) is 2. The van der Waals surface area contributed by atoms with Crippen molar-refractivity contribution in [1.29, 1.82) is 5.41 Å².